The van der Waals surface area contributed by atoms with Gasteiger partial charge in [-0.1, -0.05) is 0 Å². The highest BCUT2D eigenvalue weighted by atomic mass is 16.7. The standard InChI is InChI=1S/C14H20O6/c1-4-18-9-20-12-7-10(13(15)16)6-11(8-12)14(17-3)19-5-2/h6-8,14H,4-5,9H2,1-3H3,(H,15,16). The molecule has 0 saturated carbocycles. The number of aromatic carboxylic acids is 1. The summed E-state index contributed by atoms with van der Waals surface area (Å²) < 4.78 is 21.0. The Morgan fingerprint density at radius 2 is 2.00 bits per heavy atom. The molecule has 0 heterocycles. The molecule has 1 unspecified atom stereocenters. The Balaban J connectivity index is 2.99. The molecular formula is C14H20O6. The number of carboxylic acids is 1. The van der Waals surface area contributed by atoms with Crippen LogP contribution in [0.3, 0.4) is 0 Å². The monoisotopic (exact) mass is 284 g/mol. The molecule has 112 valence electrons. The highest BCUT2D eigenvalue weighted by Crippen LogP contribution is 2.25. The van der Waals surface area contributed by atoms with Crippen LogP contribution in [0.25, 0.3) is 0 Å². The summed E-state index contributed by atoms with van der Waals surface area (Å²) in [7, 11) is 1.49. The van der Waals surface area contributed by atoms with Crippen molar-refractivity contribution in [3.05, 3.63) is 29.3 Å². The summed E-state index contributed by atoms with van der Waals surface area (Å²) in [5.41, 5.74) is 0.691. The van der Waals surface area contributed by atoms with E-state index >= 15 is 0 Å². The van der Waals surface area contributed by atoms with Gasteiger partial charge in [0.15, 0.2) is 13.1 Å². The third-order valence-electron chi connectivity index (χ3n) is 2.49. The molecule has 1 aromatic carbocycles. The predicted molar refractivity (Wildman–Crippen MR) is 71.9 cm³/mol. The van der Waals surface area contributed by atoms with Crippen LogP contribution in [-0.2, 0) is 14.2 Å². The smallest absolute Gasteiger partial charge is 0.335 e. The lowest BCUT2D eigenvalue weighted by Gasteiger charge is -2.17. The molecule has 1 aromatic rings. The first kappa shape index (κ1) is 16.4. The first-order valence-corrected chi connectivity index (χ1v) is 6.35. The average Bonchev–Trinajstić information content (AvgIpc) is 2.44. The Morgan fingerprint density at radius 3 is 2.55 bits per heavy atom. The molecule has 0 aliphatic rings. The number of rotatable bonds is 9. The molecule has 6 heteroatoms. The molecule has 0 radical (unpaired) electrons. The maximum absolute atomic E-state index is 11.1. The topological polar surface area (TPSA) is 74.2 Å². The lowest BCUT2D eigenvalue weighted by atomic mass is 10.1. The third-order valence-corrected chi connectivity index (χ3v) is 2.49. The molecule has 0 amide bonds. The second-order valence-electron chi connectivity index (χ2n) is 3.87. The Kier molecular flexibility index (Phi) is 7.00. The molecule has 6 nitrogen and oxygen atoms in total. The first-order chi connectivity index (χ1) is 9.62. The first-order valence-electron chi connectivity index (χ1n) is 6.35. The van der Waals surface area contributed by atoms with Crippen LogP contribution in [-0.4, -0.2) is 38.2 Å². The lowest BCUT2D eigenvalue weighted by Crippen LogP contribution is -2.10. The Hall–Kier alpha value is -1.63. The van der Waals surface area contributed by atoms with E-state index in [1.807, 2.05) is 13.8 Å². The Bertz CT molecular complexity index is 432. The minimum absolute atomic E-state index is 0.0608. The van der Waals surface area contributed by atoms with Crippen molar-refractivity contribution in [2.45, 2.75) is 20.1 Å². The van der Waals surface area contributed by atoms with Crippen molar-refractivity contribution in [2.24, 2.45) is 0 Å². The second kappa shape index (κ2) is 8.52. The van der Waals surface area contributed by atoms with Crippen molar-refractivity contribution >= 4 is 5.97 Å². The maximum atomic E-state index is 11.1. The quantitative estimate of drug-likeness (QED) is 0.554. The van der Waals surface area contributed by atoms with Gasteiger partial charge in [-0.25, -0.2) is 4.79 Å². The summed E-state index contributed by atoms with van der Waals surface area (Å²) >= 11 is 0. The highest BCUT2D eigenvalue weighted by Gasteiger charge is 2.15. The molecule has 1 rings (SSSR count). The molecule has 0 aromatic heterocycles. The summed E-state index contributed by atoms with van der Waals surface area (Å²) in [6, 6.07) is 4.61. The van der Waals surface area contributed by atoms with E-state index in [9.17, 15) is 4.79 Å². The zero-order chi connectivity index (χ0) is 15.0. The predicted octanol–water partition coefficient (Wildman–Crippen LogP) is 2.44. The van der Waals surface area contributed by atoms with Crippen molar-refractivity contribution in [3.8, 4) is 5.75 Å². The number of benzene rings is 1. The summed E-state index contributed by atoms with van der Waals surface area (Å²) in [4.78, 5) is 11.1. The van der Waals surface area contributed by atoms with E-state index in [1.54, 1.807) is 6.07 Å². The van der Waals surface area contributed by atoms with Gasteiger partial charge in [0, 0.05) is 25.9 Å². The van der Waals surface area contributed by atoms with Crippen LogP contribution in [0.15, 0.2) is 18.2 Å². The van der Waals surface area contributed by atoms with Crippen LogP contribution < -0.4 is 4.74 Å². The lowest BCUT2D eigenvalue weighted by molar-refractivity contribution is -0.124. The molecule has 0 aliphatic heterocycles. The van der Waals surface area contributed by atoms with Crippen LogP contribution in [0.4, 0.5) is 0 Å². The number of methoxy groups -OCH3 is 1. The normalized spacial score (nSPS) is 12.2. The fourth-order valence-corrected chi connectivity index (χ4v) is 1.61. The zero-order valence-electron chi connectivity index (χ0n) is 11.9. The fraction of sp³-hybridized carbons (Fsp3) is 0.500. The van der Waals surface area contributed by atoms with Gasteiger partial charge < -0.3 is 24.1 Å². The van der Waals surface area contributed by atoms with Crippen molar-refractivity contribution < 1.29 is 28.8 Å². The number of carboxylic acid groups (broad SMARTS) is 1. The number of hydrogen-bond acceptors (Lipinski definition) is 5. The van der Waals surface area contributed by atoms with Crippen LogP contribution in [0, 0.1) is 0 Å². The van der Waals surface area contributed by atoms with Crippen LogP contribution in [0.1, 0.15) is 36.1 Å². The van der Waals surface area contributed by atoms with Crippen LogP contribution in [0.2, 0.25) is 0 Å². The fourth-order valence-electron chi connectivity index (χ4n) is 1.61. The molecule has 20 heavy (non-hydrogen) atoms. The van der Waals surface area contributed by atoms with E-state index < -0.39 is 12.3 Å². The number of ether oxygens (including phenoxy) is 4. The average molecular weight is 284 g/mol. The van der Waals surface area contributed by atoms with E-state index in [4.69, 9.17) is 24.1 Å². The van der Waals surface area contributed by atoms with E-state index in [0.717, 1.165) is 0 Å². The highest BCUT2D eigenvalue weighted by molar-refractivity contribution is 5.88. The molecule has 0 bridgehead atoms. The van der Waals surface area contributed by atoms with Crippen LogP contribution in [0.5, 0.6) is 5.75 Å². The summed E-state index contributed by atoms with van der Waals surface area (Å²) in [6.45, 7) is 4.71. The van der Waals surface area contributed by atoms with Crippen LogP contribution >= 0.6 is 0 Å². The molecule has 0 fully saturated rings. The Morgan fingerprint density at radius 1 is 1.25 bits per heavy atom. The third kappa shape index (κ3) is 4.80. The van der Waals surface area contributed by atoms with Gasteiger partial charge in [-0.15, -0.1) is 0 Å². The maximum Gasteiger partial charge on any atom is 0.335 e. The molecule has 0 spiro atoms. The van der Waals surface area contributed by atoms with E-state index in [0.29, 0.717) is 24.5 Å². The minimum Gasteiger partial charge on any atom is -0.478 e. The Labute approximate surface area is 118 Å². The molecular weight excluding hydrogens is 264 g/mol. The largest absolute Gasteiger partial charge is 0.478 e. The molecule has 1 atom stereocenters. The van der Waals surface area contributed by atoms with Crippen molar-refractivity contribution in [1.29, 1.82) is 0 Å². The number of hydrogen-bond donors (Lipinski definition) is 1. The van der Waals surface area contributed by atoms with Gasteiger partial charge >= 0.3 is 5.97 Å². The number of carbonyl (C=O) groups is 1. The van der Waals surface area contributed by atoms with E-state index in [1.165, 1.54) is 19.2 Å². The van der Waals surface area contributed by atoms with E-state index in [2.05, 4.69) is 0 Å². The van der Waals surface area contributed by atoms with Crippen molar-refractivity contribution in [1.82, 2.24) is 0 Å². The van der Waals surface area contributed by atoms with Gasteiger partial charge in [0.05, 0.1) is 5.56 Å². The van der Waals surface area contributed by atoms with Gasteiger partial charge in [-0.05, 0) is 32.0 Å². The summed E-state index contributed by atoms with van der Waals surface area (Å²) in [6.07, 6.45) is -0.631. The van der Waals surface area contributed by atoms with Crippen molar-refractivity contribution in [2.75, 3.05) is 27.1 Å². The van der Waals surface area contributed by atoms with Gasteiger partial charge in [0.1, 0.15) is 5.75 Å². The molecule has 0 aliphatic carbocycles. The molecule has 1 N–H and O–H groups in total. The SMILES string of the molecule is CCOCOc1cc(C(=O)O)cc(C(OC)OCC)c1. The summed E-state index contributed by atoms with van der Waals surface area (Å²) in [5, 5.41) is 9.12. The second-order valence-corrected chi connectivity index (χ2v) is 3.87. The minimum atomic E-state index is -1.04. The van der Waals surface area contributed by atoms with E-state index in [-0.39, 0.29) is 12.4 Å². The van der Waals surface area contributed by atoms with Gasteiger partial charge in [-0.3, -0.25) is 0 Å². The zero-order valence-corrected chi connectivity index (χ0v) is 11.9. The summed E-state index contributed by atoms with van der Waals surface area (Å²) in [5.74, 6) is -0.644. The molecule has 0 saturated heterocycles. The van der Waals surface area contributed by atoms with Gasteiger partial charge in [0.2, 0.25) is 0 Å². The van der Waals surface area contributed by atoms with Gasteiger partial charge in [-0.2, -0.15) is 0 Å². The van der Waals surface area contributed by atoms with Gasteiger partial charge in [0.25, 0.3) is 0 Å². The van der Waals surface area contributed by atoms with Crippen molar-refractivity contribution in [3.63, 3.8) is 0 Å².